The number of hydrogen-bond donors (Lipinski definition) is 1. The van der Waals surface area contributed by atoms with Gasteiger partial charge in [0, 0.05) is 38.9 Å². The predicted molar refractivity (Wildman–Crippen MR) is 93.5 cm³/mol. The predicted octanol–water partition coefficient (Wildman–Crippen LogP) is 2.04. The Hall–Kier alpha value is -2.15. The normalized spacial score (nSPS) is 20.0. The third-order valence-corrected chi connectivity index (χ3v) is 5.39. The van der Waals surface area contributed by atoms with Crippen LogP contribution in [-0.2, 0) is 4.74 Å². The van der Waals surface area contributed by atoms with Crippen molar-refractivity contribution in [1.29, 1.82) is 0 Å². The maximum Gasteiger partial charge on any atom is 0.317 e. The van der Waals surface area contributed by atoms with Gasteiger partial charge < -0.3 is 15.0 Å². The number of methoxy groups -OCH3 is 1. The van der Waals surface area contributed by atoms with Gasteiger partial charge in [0.25, 0.3) is 0 Å². The van der Waals surface area contributed by atoms with Crippen molar-refractivity contribution >= 4 is 11.7 Å². The first-order valence-electron chi connectivity index (χ1n) is 9.11. The Morgan fingerprint density at radius 2 is 2.08 bits per heavy atom. The van der Waals surface area contributed by atoms with Gasteiger partial charge in [0.1, 0.15) is 5.82 Å². The number of urea groups is 1. The van der Waals surface area contributed by atoms with E-state index in [2.05, 4.69) is 19.9 Å². The molecule has 2 fully saturated rings. The molecule has 7 heteroatoms. The number of likely N-dealkylation sites (tertiary alicyclic amines) is 1. The minimum atomic E-state index is 0.0206. The molecule has 0 spiro atoms. The molecule has 2 aromatic rings. The standard InChI is InChI=1S/C18H25N5O2/c1-25-15(13-5-6-13)12-19-18(24)22-10-7-14(8-11-22)17-21-20-16-4-2-3-9-23(16)17/h2-4,9,13-15H,5-8,10-12H2,1H3,(H,19,24). The van der Waals surface area contributed by atoms with Crippen molar-refractivity contribution in [3.05, 3.63) is 30.2 Å². The fourth-order valence-corrected chi connectivity index (χ4v) is 3.69. The number of piperidine rings is 1. The molecule has 2 aromatic heterocycles. The molecule has 134 valence electrons. The van der Waals surface area contributed by atoms with Crippen molar-refractivity contribution in [3.63, 3.8) is 0 Å². The molecule has 25 heavy (non-hydrogen) atoms. The Balaban J connectivity index is 1.31. The van der Waals surface area contributed by atoms with Gasteiger partial charge >= 0.3 is 6.03 Å². The Bertz CT molecular complexity index is 734. The smallest absolute Gasteiger partial charge is 0.317 e. The van der Waals surface area contributed by atoms with Gasteiger partial charge in [-0.25, -0.2) is 4.79 Å². The van der Waals surface area contributed by atoms with Crippen molar-refractivity contribution in [2.75, 3.05) is 26.7 Å². The van der Waals surface area contributed by atoms with E-state index in [0.717, 1.165) is 37.4 Å². The average Bonchev–Trinajstić information content (AvgIpc) is 3.41. The highest BCUT2D eigenvalue weighted by Crippen LogP contribution is 2.33. The van der Waals surface area contributed by atoms with Crippen molar-refractivity contribution in [3.8, 4) is 0 Å². The highest BCUT2D eigenvalue weighted by atomic mass is 16.5. The maximum absolute atomic E-state index is 12.4. The van der Waals surface area contributed by atoms with Crippen molar-refractivity contribution in [2.45, 2.75) is 37.7 Å². The molecule has 7 nitrogen and oxygen atoms in total. The van der Waals surface area contributed by atoms with Crippen molar-refractivity contribution in [2.24, 2.45) is 5.92 Å². The van der Waals surface area contributed by atoms with Crippen LogP contribution in [0.5, 0.6) is 0 Å². The number of hydrogen-bond acceptors (Lipinski definition) is 4. The molecule has 1 aliphatic heterocycles. The van der Waals surface area contributed by atoms with Gasteiger partial charge in [0.05, 0.1) is 6.10 Å². The van der Waals surface area contributed by atoms with E-state index in [1.54, 1.807) is 7.11 Å². The topological polar surface area (TPSA) is 71.8 Å². The zero-order valence-electron chi connectivity index (χ0n) is 14.6. The minimum absolute atomic E-state index is 0.0206. The van der Waals surface area contributed by atoms with E-state index in [9.17, 15) is 4.79 Å². The summed E-state index contributed by atoms with van der Waals surface area (Å²) < 4.78 is 7.52. The van der Waals surface area contributed by atoms with Gasteiger partial charge in [-0.05, 0) is 43.7 Å². The number of carbonyl (C=O) groups excluding carboxylic acids is 1. The largest absolute Gasteiger partial charge is 0.379 e. The first-order valence-corrected chi connectivity index (χ1v) is 9.11. The molecule has 4 rings (SSSR count). The summed E-state index contributed by atoms with van der Waals surface area (Å²) in [5.41, 5.74) is 0.878. The first kappa shape index (κ1) is 16.3. The number of rotatable bonds is 5. The van der Waals surface area contributed by atoms with Gasteiger partial charge in [0.2, 0.25) is 0 Å². The van der Waals surface area contributed by atoms with Crippen LogP contribution in [0.4, 0.5) is 4.79 Å². The summed E-state index contributed by atoms with van der Waals surface area (Å²) >= 11 is 0. The third kappa shape index (κ3) is 3.46. The zero-order chi connectivity index (χ0) is 17.2. The summed E-state index contributed by atoms with van der Waals surface area (Å²) in [7, 11) is 1.73. The summed E-state index contributed by atoms with van der Waals surface area (Å²) in [5, 5.41) is 11.6. The molecule has 1 saturated heterocycles. The van der Waals surface area contributed by atoms with Gasteiger partial charge in [-0.1, -0.05) is 6.07 Å². The number of nitrogens with one attached hydrogen (secondary N) is 1. The fourth-order valence-electron chi connectivity index (χ4n) is 3.69. The quantitative estimate of drug-likeness (QED) is 0.902. The number of fused-ring (bicyclic) bond motifs is 1. The van der Waals surface area contributed by atoms with E-state index < -0.39 is 0 Å². The second-order valence-corrected chi connectivity index (χ2v) is 7.05. The second kappa shape index (κ2) is 7.00. The van der Waals surface area contributed by atoms with Gasteiger partial charge in [-0.15, -0.1) is 10.2 Å². The Morgan fingerprint density at radius 3 is 2.80 bits per heavy atom. The Kier molecular flexibility index (Phi) is 4.57. The van der Waals surface area contributed by atoms with E-state index >= 15 is 0 Å². The van der Waals surface area contributed by atoms with Crippen LogP contribution in [-0.4, -0.2) is 58.4 Å². The summed E-state index contributed by atoms with van der Waals surface area (Å²) in [6.45, 7) is 2.10. The SMILES string of the molecule is COC(CNC(=O)N1CCC(c2nnc3ccccn23)CC1)C1CC1. The lowest BCUT2D eigenvalue weighted by molar-refractivity contribution is 0.0831. The van der Waals surface area contributed by atoms with Gasteiger partial charge in [-0.3, -0.25) is 4.40 Å². The first-order chi connectivity index (χ1) is 12.3. The van der Waals surface area contributed by atoms with E-state index in [4.69, 9.17) is 4.74 Å². The molecule has 1 saturated carbocycles. The van der Waals surface area contributed by atoms with Crippen molar-refractivity contribution < 1.29 is 9.53 Å². The molecule has 0 aromatic carbocycles. The monoisotopic (exact) mass is 343 g/mol. The van der Waals surface area contributed by atoms with E-state index in [1.807, 2.05) is 29.3 Å². The average molecular weight is 343 g/mol. The maximum atomic E-state index is 12.4. The summed E-state index contributed by atoms with van der Waals surface area (Å²) in [4.78, 5) is 14.3. The molecule has 1 unspecified atom stereocenters. The zero-order valence-corrected chi connectivity index (χ0v) is 14.6. The van der Waals surface area contributed by atoms with Crippen molar-refractivity contribution in [1.82, 2.24) is 24.8 Å². The lowest BCUT2D eigenvalue weighted by Crippen LogP contribution is -2.46. The Morgan fingerprint density at radius 1 is 1.28 bits per heavy atom. The molecule has 1 atom stereocenters. The summed E-state index contributed by atoms with van der Waals surface area (Å²) in [6.07, 6.45) is 6.42. The molecule has 1 N–H and O–H groups in total. The molecule has 3 heterocycles. The number of aromatic nitrogens is 3. The van der Waals surface area contributed by atoms with E-state index in [-0.39, 0.29) is 12.1 Å². The lowest BCUT2D eigenvalue weighted by Gasteiger charge is -2.31. The van der Waals surface area contributed by atoms with Crippen LogP contribution in [0, 0.1) is 5.92 Å². The molecule has 0 radical (unpaired) electrons. The van der Waals surface area contributed by atoms with E-state index in [1.165, 1.54) is 12.8 Å². The molecule has 2 amide bonds. The highest BCUT2D eigenvalue weighted by Gasteiger charge is 2.32. The van der Waals surface area contributed by atoms with Gasteiger partial charge in [0.15, 0.2) is 5.65 Å². The number of nitrogens with zero attached hydrogens (tertiary/aromatic N) is 4. The van der Waals surface area contributed by atoms with Gasteiger partial charge in [-0.2, -0.15) is 0 Å². The highest BCUT2D eigenvalue weighted by molar-refractivity contribution is 5.74. The van der Waals surface area contributed by atoms with Crippen LogP contribution in [0.1, 0.15) is 37.4 Å². The second-order valence-electron chi connectivity index (χ2n) is 7.05. The number of carbonyl (C=O) groups is 1. The van der Waals surface area contributed by atoms with Crippen LogP contribution >= 0.6 is 0 Å². The van der Waals surface area contributed by atoms with Crippen LogP contribution in [0.15, 0.2) is 24.4 Å². The van der Waals surface area contributed by atoms with Crippen LogP contribution in [0.3, 0.4) is 0 Å². The molecular weight excluding hydrogens is 318 g/mol. The number of amides is 2. The lowest BCUT2D eigenvalue weighted by atomic mass is 9.96. The number of pyridine rings is 1. The van der Waals surface area contributed by atoms with E-state index in [0.29, 0.717) is 18.4 Å². The molecular formula is C18H25N5O2. The summed E-state index contributed by atoms with van der Waals surface area (Å²) in [6, 6.07) is 5.95. The molecule has 2 aliphatic rings. The minimum Gasteiger partial charge on any atom is -0.379 e. The molecule has 1 aliphatic carbocycles. The fraction of sp³-hybridized carbons (Fsp3) is 0.611. The summed E-state index contributed by atoms with van der Waals surface area (Å²) in [5.74, 6) is 1.97. The molecule has 0 bridgehead atoms. The van der Waals surface area contributed by atoms with Crippen LogP contribution in [0.2, 0.25) is 0 Å². The third-order valence-electron chi connectivity index (χ3n) is 5.39. The number of ether oxygens (including phenoxy) is 1. The van der Waals surface area contributed by atoms with Crippen LogP contribution in [0.25, 0.3) is 5.65 Å². The van der Waals surface area contributed by atoms with Crippen LogP contribution < -0.4 is 5.32 Å². The Labute approximate surface area is 147 Å².